The molecule has 0 bridgehead atoms. The molecule has 0 fully saturated rings. The molecule has 0 saturated carbocycles. The van der Waals surface area contributed by atoms with E-state index in [2.05, 4.69) is 19.2 Å². The van der Waals surface area contributed by atoms with E-state index < -0.39 is 0 Å². The number of nitrogens with one attached hydrogen (secondary N) is 1. The Morgan fingerprint density at radius 2 is 1.83 bits per heavy atom. The van der Waals surface area contributed by atoms with Gasteiger partial charge < -0.3 is 19.2 Å². The predicted octanol–water partition coefficient (Wildman–Crippen LogP) is 5.29. The number of methoxy groups -OCH3 is 2. The Kier molecular flexibility index (Phi) is 6.27. The highest BCUT2D eigenvalue weighted by molar-refractivity contribution is 6.01. The molecule has 1 amide bonds. The van der Waals surface area contributed by atoms with Gasteiger partial charge in [-0.05, 0) is 30.5 Å². The number of carbonyl (C=O) groups is 1. The minimum atomic E-state index is -0.115. The summed E-state index contributed by atoms with van der Waals surface area (Å²) in [5, 5.41) is 3.84. The van der Waals surface area contributed by atoms with Gasteiger partial charge in [0.15, 0.2) is 0 Å². The molecule has 0 atom stereocenters. The van der Waals surface area contributed by atoms with Crippen molar-refractivity contribution in [2.75, 3.05) is 20.8 Å². The van der Waals surface area contributed by atoms with Crippen LogP contribution in [0.2, 0.25) is 0 Å². The van der Waals surface area contributed by atoms with Crippen molar-refractivity contribution < 1.29 is 18.7 Å². The molecule has 0 aliphatic rings. The van der Waals surface area contributed by atoms with Crippen LogP contribution >= 0.6 is 0 Å². The molecule has 5 heteroatoms. The van der Waals surface area contributed by atoms with Gasteiger partial charge in [0.25, 0.3) is 0 Å². The van der Waals surface area contributed by atoms with Gasteiger partial charge in [-0.25, -0.2) is 0 Å². The number of carbonyl (C=O) groups excluding carboxylic acids is 1. The zero-order valence-corrected chi connectivity index (χ0v) is 17.5. The van der Waals surface area contributed by atoms with Crippen molar-refractivity contribution in [3.8, 4) is 22.6 Å². The van der Waals surface area contributed by atoms with Gasteiger partial charge in [-0.2, -0.15) is 0 Å². The Balaban J connectivity index is 2.07. The Hall–Kier alpha value is -3.21. The lowest BCUT2D eigenvalue weighted by Gasteiger charge is -2.11. The van der Waals surface area contributed by atoms with E-state index in [0.717, 1.165) is 33.4 Å². The van der Waals surface area contributed by atoms with Crippen LogP contribution in [0.5, 0.6) is 11.5 Å². The summed E-state index contributed by atoms with van der Waals surface area (Å²) in [5.74, 6) is 1.71. The Labute approximate surface area is 171 Å². The van der Waals surface area contributed by atoms with Crippen LogP contribution in [-0.4, -0.2) is 26.7 Å². The minimum absolute atomic E-state index is 0.115. The van der Waals surface area contributed by atoms with Crippen molar-refractivity contribution in [2.24, 2.45) is 5.92 Å². The molecule has 1 N–H and O–H groups in total. The van der Waals surface area contributed by atoms with Gasteiger partial charge in [0.05, 0.1) is 20.5 Å². The summed E-state index contributed by atoms with van der Waals surface area (Å²) in [5.41, 5.74) is 4.25. The number of allylic oxidation sites excluding steroid dienone is 1. The molecule has 0 aliphatic heterocycles. The van der Waals surface area contributed by atoms with Crippen molar-refractivity contribution in [2.45, 2.75) is 20.8 Å². The number of para-hydroxylation sites is 1. The van der Waals surface area contributed by atoms with Crippen molar-refractivity contribution >= 4 is 22.4 Å². The molecule has 3 rings (SSSR count). The van der Waals surface area contributed by atoms with E-state index in [9.17, 15) is 4.79 Å². The monoisotopic (exact) mass is 393 g/mol. The van der Waals surface area contributed by atoms with Gasteiger partial charge in [0, 0.05) is 40.8 Å². The summed E-state index contributed by atoms with van der Waals surface area (Å²) in [4.78, 5) is 12.3. The first kappa shape index (κ1) is 20.5. The molecule has 0 saturated heterocycles. The Morgan fingerprint density at radius 3 is 2.52 bits per heavy atom. The van der Waals surface area contributed by atoms with Gasteiger partial charge in [0.1, 0.15) is 17.1 Å². The first-order valence-electron chi connectivity index (χ1n) is 9.63. The summed E-state index contributed by atoms with van der Waals surface area (Å²) >= 11 is 0. The summed E-state index contributed by atoms with van der Waals surface area (Å²) in [7, 11) is 3.26. The van der Waals surface area contributed by atoms with Crippen LogP contribution in [0.1, 0.15) is 26.3 Å². The largest absolute Gasteiger partial charge is 0.496 e. The third kappa shape index (κ3) is 4.45. The first-order valence-corrected chi connectivity index (χ1v) is 9.63. The highest BCUT2D eigenvalue weighted by Gasteiger charge is 2.16. The normalized spacial score (nSPS) is 11.7. The van der Waals surface area contributed by atoms with E-state index >= 15 is 0 Å². The molecule has 0 spiro atoms. The summed E-state index contributed by atoms with van der Waals surface area (Å²) in [6, 6.07) is 11.7. The molecule has 0 unspecified atom stereocenters. The fraction of sp³-hybridized carbons (Fsp3) is 0.292. The zero-order valence-electron chi connectivity index (χ0n) is 17.5. The van der Waals surface area contributed by atoms with E-state index in [1.54, 1.807) is 26.6 Å². The second-order valence-electron chi connectivity index (χ2n) is 7.36. The van der Waals surface area contributed by atoms with Gasteiger partial charge in [0.2, 0.25) is 5.91 Å². The Morgan fingerprint density at radius 1 is 1.10 bits per heavy atom. The molecular weight excluding hydrogens is 366 g/mol. The maximum atomic E-state index is 12.3. The topological polar surface area (TPSA) is 60.7 Å². The highest BCUT2D eigenvalue weighted by Crippen LogP contribution is 2.40. The smallest absolute Gasteiger partial charge is 0.244 e. The van der Waals surface area contributed by atoms with E-state index in [0.29, 0.717) is 23.8 Å². The number of hydrogen-bond donors (Lipinski definition) is 1. The lowest BCUT2D eigenvalue weighted by atomic mass is 9.98. The average Bonchev–Trinajstić information content (AvgIpc) is 3.13. The predicted molar refractivity (Wildman–Crippen MR) is 116 cm³/mol. The molecule has 3 aromatic rings. The van der Waals surface area contributed by atoms with Crippen LogP contribution in [0, 0.1) is 5.92 Å². The van der Waals surface area contributed by atoms with Gasteiger partial charge in [-0.15, -0.1) is 0 Å². The van der Waals surface area contributed by atoms with Gasteiger partial charge in [-0.1, -0.05) is 32.0 Å². The highest BCUT2D eigenvalue weighted by atomic mass is 16.5. The second-order valence-corrected chi connectivity index (χ2v) is 7.36. The lowest BCUT2D eigenvalue weighted by molar-refractivity contribution is -0.116. The molecule has 0 radical (unpaired) electrons. The van der Waals surface area contributed by atoms with Crippen molar-refractivity contribution in [3.05, 3.63) is 54.3 Å². The lowest BCUT2D eigenvalue weighted by Crippen LogP contribution is -2.25. The molecule has 5 nitrogen and oxygen atoms in total. The van der Waals surface area contributed by atoms with Crippen LogP contribution in [0.15, 0.2) is 53.2 Å². The molecule has 2 aromatic carbocycles. The summed E-state index contributed by atoms with van der Waals surface area (Å²) < 4.78 is 16.9. The van der Waals surface area contributed by atoms with E-state index in [1.165, 1.54) is 0 Å². The number of benzene rings is 2. The van der Waals surface area contributed by atoms with Crippen LogP contribution in [0.25, 0.3) is 27.7 Å². The molecule has 152 valence electrons. The number of hydrogen-bond acceptors (Lipinski definition) is 4. The quantitative estimate of drug-likeness (QED) is 0.554. The van der Waals surface area contributed by atoms with Crippen molar-refractivity contribution in [1.82, 2.24) is 5.32 Å². The average molecular weight is 393 g/mol. The molecule has 0 aliphatic carbocycles. The second kappa shape index (κ2) is 8.86. The summed E-state index contributed by atoms with van der Waals surface area (Å²) in [6.07, 6.45) is 3.33. The molecule has 1 aromatic heterocycles. The number of amides is 1. The number of furan rings is 1. The van der Waals surface area contributed by atoms with Crippen LogP contribution in [-0.2, 0) is 4.79 Å². The van der Waals surface area contributed by atoms with Gasteiger partial charge in [-0.3, -0.25) is 4.79 Å². The van der Waals surface area contributed by atoms with Crippen LogP contribution in [0.4, 0.5) is 0 Å². The number of fused-ring (bicyclic) bond motifs is 1. The van der Waals surface area contributed by atoms with E-state index in [1.807, 2.05) is 43.3 Å². The van der Waals surface area contributed by atoms with E-state index in [-0.39, 0.29) is 5.91 Å². The van der Waals surface area contributed by atoms with Gasteiger partial charge >= 0.3 is 0 Å². The van der Waals surface area contributed by atoms with E-state index in [4.69, 9.17) is 13.9 Å². The zero-order chi connectivity index (χ0) is 21.0. The SMILES string of the molecule is COc1cc2occ(-c3ccccc3OC)c2cc1/C(C)=C/C(=O)NCC(C)C. The fourth-order valence-corrected chi connectivity index (χ4v) is 3.24. The number of ether oxygens (including phenoxy) is 2. The maximum absolute atomic E-state index is 12.3. The molecular formula is C24H27NO4. The van der Waals surface area contributed by atoms with Crippen LogP contribution < -0.4 is 14.8 Å². The molecule has 1 heterocycles. The molecule has 29 heavy (non-hydrogen) atoms. The minimum Gasteiger partial charge on any atom is -0.496 e. The number of rotatable bonds is 7. The maximum Gasteiger partial charge on any atom is 0.244 e. The van der Waals surface area contributed by atoms with Crippen LogP contribution in [0.3, 0.4) is 0 Å². The third-order valence-electron chi connectivity index (χ3n) is 4.75. The third-order valence-corrected chi connectivity index (χ3v) is 4.75. The van der Waals surface area contributed by atoms with Crippen molar-refractivity contribution in [3.63, 3.8) is 0 Å². The summed E-state index contributed by atoms with van der Waals surface area (Å²) in [6.45, 7) is 6.66. The van der Waals surface area contributed by atoms with Crippen molar-refractivity contribution in [1.29, 1.82) is 0 Å². The first-order chi connectivity index (χ1) is 13.9. The Bertz CT molecular complexity index is 1050. The fourth-order valence-electron chi connectivity index (χ4n) is 3.24. The standard InChI is InChI=1S/C24H27NO4/c1-15(2)13-25-24(26)10-16(3)18-11-19-20(14-29-23(19)12-22(18)28-5)17-8-6-7-9-21(17)27-4/h6-12,14-15H,13H2,1-5H3,(H,25,26)/b16-10+.